The number of phenolic OH excluding ortho intramolecular Hbond substituents is 1. The van der Waals surface area contributed by atoms with Gasteiger partial charge in [-0.25, -0.2) is 5.43 Å². The van der Waals surface area contributed by atoms with Gasteiger partial charge in [-0.1, -0.05) is 29.3 Å². The zero-order chi connectivity index (χ0) is 20.1. The largest absolute Gasteiger partial charge is 0.507 e. The molecule has 142 valence electrons. The fourth-order valence-corrected chi connectivity index (χ4v) is 2.90. The van der Waals surface area contributed by atoms with Crippen LogP contribution in [0.15, 0.2) is 35.4 Å². The maximum absolute atomic E-state index is 12.3. The molecule has 0 aliphatic heterocycles. The average Bonchev–Trinajstić information content (AvgIpc) is 2.58. The van der Waals surface area contributed by atoms with Crippen molar-refractivity contribution in [2.75, 3.05) is 5.32 Å². The molecule has 0 saturated carbocycles. The van der Waals surface area contributed by atoms with Crippen LogP contribution in [0.3, 0.4) is 0 Å². The number of nitrogens with one attached hydrogen (secondary N) is 2. The number of carbonyl (C=O) groups is 2. The van der Waals surface area contributed by atoms with E-state index in [1.807, 2.05) is 32.9 Å². The fraction of sp³-hybridized carbons (Fsp3) is 0.250. The van der Waals surface area contributed by atoms with Crippen molar-refractivity contribution in [2.45, 2.75) is 34.1 Å². The second kappa shape index (κ2) is 8.68. The number of anilines is 1. The molecule has 3 N–H and O–H groups in total. The van der Waals surface area contributed by atoms with Crippen LogP contribution in [-0.2, 0) is 4.79 Å². The second-order valence-corrected chi connectivity index (χ2v) is 6.88. The van der Waals surface area contributed by atoms with Gasteiger partial charge < -0.3 is 10.4 Å². The fourth-order valence-electron chi connectivity index (χ4n) is 2.73. The lowest BCUT2D eigenvalue weighted by molar-refractivity contribution is -0.115. The quantitative estimate of drug-likeness (QED) is 0.532. The molecule has 0 aliphatic rings. The minimum absolute atomic E-state index is 0.00871. The van der Waals surface area contributed by atoms with Crippen LogP contribution in [0, 0.1) is 20.8 Å². The van der Waals surface area contributed by atoms with E-state index in [2.05, 4.69) is 15.8 Å². The number of nitrogens with zero attached hydrogens (tertiary/aromatic N) is 1. The van der Waals surface area contributed by atoms with Crippen LogP contribution in [0.1, 0.15) is 40.4 Å². The first-order chi connectivity index (χ1) is 12.7. The molecular formula is C20H22ClN3O3. The Kier molecular flexibility index (Phi) is 6.58. The highest BCUT2D eigenvalue weighted by Crippen LogP contribution is 2.22. The van der Waals surface area contributed by atoms with Gasteiger partial charge in [-0.05, 0) is 57.0 Å². The summed E-state index contributed by atoms with van der Waals surface area (Å²) >= 11 is 5.82. The summed E-state index contributed by atoms with van der Waals surface area (Å²) in [5.41, 5.74) is 6.63. The normalized spacial score (nSPS) is 11.2. The van der Waals surface area contributed by atoms with Gasteiger partial charge in [0.05, 0.1) is 12.0 Å². The van der Waals surface area contributed by atoms with Gasteiger partial charge >= 0.3 is 0 Å². The van der Waals surface area contributed by atoms with Gasteiger partial charge in [0.15, 0.2) is 0 Å². The Morgan fingerprint density at radius 2 is 1.74 bits per heavy atom. The summed E-state index contributed by atoms with van der Waals surface area (Å²) in [6.45, 7) is 7.51. The van der Waals surface area contributed by atoms with E-state index in [1.54, 1.807) is 6.92 Å². The molecule has 0 atom stereocenters. The SMILES string of the molecule is C/C(CC(=O)Nc1c(C)cc(C)cc1C)=N\NC(=O)c1cc(Cl)ccc1O. The molecule has 0 aromatic heterocycles. The third-order valence-corrected chi connectivity index (χ3v) is 4.14. The molecule has 0 fully saturated rings. The van der Waals surface area contributed by atoms with Crippen LogP contribution < -0.4 is 10.7 Å². The zero-order valence-electron chi connectivity index (χ0n) is 15.7. The number of phenols is 1. The molecule has 0 unspecified atom stereocenters. The number of amides is 2. The summed E-state index contributed by atoms with van der Waals surface area (Å²) in [7, 11) is 0. The monoisotopic (exact) mass is 387 g/mol. The predicted octanol–water partition coefficient (Wildman–Crippen LogP) is 4.11. The number of hydrazone groups is 1. The maximum Gasteiger partial charge on any atom is 0.275 e. The molecule has 0 aliphatic carbocycles. The lowest BCUT2D eigenvalue weighted by Gasteiger charge is -2.12. The van der Waals surface area contributed by atoms with Crippen molar-refractivity contribution < 1.29 is 14.7 Å². The number of hydrogen-bond acceptors (Lipinski definition) is 4. The Hall–Kier alpha value is -2.86. The van der Waals surface area contributed by atoms with Crippen molar-refractivity contribution in [3.8, 4) is 5.75 Å². The van der Waals surface area contributed by atoms with Crippen molar-refractivity contribution in [2.24, 2.45) is 5.10 Å². The van der Waals surface area contributed by atoms with Crippen LogP contribution in [0.4, 0.5) is 5.69 Å². The third-order valence-electron chi connectivity index (χ3n) is 3.91. The molecule has 2 amide bonds. The molecule has 2 rings (SSSR count). The minimum Gasteiger partial charge on any atom is -0.507 e. The highest BCUT2D eigenvalue weighted by Gasteiger charge is 2.12. The van der Waals surface area contributed by atoms with E-state index in [0.29, 0.717) is 10.7 Å². The van der Waals surface area contributed by atoms with Crippen LogP contribution in [-0.4, -0.2) is 22.6 Å². The van der Waals surface area contributed by atoms with Crippen molar-refractivity contribution >= 4 is 34.8 Å². The number of aryl methyl sites for hydroxylation is 3. The van der Waals surface area contributed by atoms with Gasteiger partial charge in [0.2, 0.25) is 5.91 Å². The van der Waals surface area contributed by atoms with Gasteiger partial charge in [0, 0.05) is 16.4 Å². The Balaban J connectivity index is 2.00. The van der Waals surface area contributed by atoms with E-state index in [4.69, 9.17) is 11.6 Å². The third kappa shape index (κ3) is 5.56. The number of rotatable bonds is 5. The van der Waals surface area contributed by atoms with Gasteiger partial charge in [-0.2, -0.15) is 5.10 Å². The summed E-state index contributed by atoms with van der Waals surface area (Å²) in [5, 5.41) is 16.8. The molecule has 7 heteroatoms. The lowest BCUT2D eigenvalue weighted by atomic mass is 10.0. The molecule has 0 saturated heterocycles. The summed E-state index contributed by atoms with van der Waals surface area (Å²) in [6, 6.07) is 8.14. The number of benzene rings is 2. The Morgan fingerprint density at radius 3 is 2.37 bits per heavy atom. The Bertz CT molecular complexity index is 900. The van der Waals surface area contributed by atoms with E-state index >= 15 is 0 Å². The van der Waals surface area contributed by atoms with Crippen molar-refractivity contribution in [3.05, 3.63) is 57.6 Å². The average molecular weight is 388 g/mol. The van der Waals surface area contributed by atoms with Gasteiger partial charge in [0.1, 0.15) is 5.75 Å². The molecule has 2 aromatic carbocycles. The zero-order valence-corrected chi connectivity index (χ0v) is 16.4. The first-order valence-corrected chi connectivity index (χ1v) is 8.75. The van der Waals surface area contributed by atoms with Crippen LogP contribution >= 0.6 is 11.6 Å². The molecule has 27 heavy (non-hydrogen) atoms. The molecule has 0 bridgehead atoms. The summed E-state index contributed by atoms with van der Waals surface area (Å²) in [5.74, 6) is -1.04. The molecule has 2 aromatic rings. The first kappa shape index (κ1) is 20.5. The maximum atomic E-state index is 12.3. The van der Waals surface area contributed by atoms with E-state index in [-0.39, 0.29) is 23.6 Å². The van der Waals surface area contributed by atoms with Gasteiger partial charge in [-0.3, -0.25) is 9.59 Å². The Morgan fingerprint density at radius 1 is 1.11 bits per heavy atom. The highest BCUT2D eigenvalue weighted by atomic mass is 35.5. The molecule has 6 nitrogen and oxygen atoms in total. The standard InChI is InChI=1S/C20H22ClN3O3/c1-11-7-12(2)19(13(3)8-11)22-18(26)9-14(4)23-24-20(27)16-10-15(21)5-6-17(16)25/h5-8,10,25H,9H2,1-4H3,(H,22,26)(H,24,27)/b23-14+. The molecule has 0 radical (unpaired) electrons. The van der Waals surface area contributed by atoms with Crippen LogP contribution in [0.25, 0.3) is 0 Å². The molecule has 0 spiro atoms. The summed E-state index contributed by atoms with van der Waals surface area (Å²) < 4.78 is 0. The lowest BCUT2D eigenvalue weighted by Crippen LogP contribution is -2.22. The number of halogens is 1. The van der Waals surface area contributed by atoms with Gasteiger partial charge in [0.25, 0.3) is 5.91 Å². The molecule has 0 heterocycles. The predicted molar refractivity (Wildman–Crippen MR) is 108 cm³/mol. The Labute approximate surface area is 163 Å². The van der Waals surface area contributed by atoms with Crippen molar-refractivity contribution in [1.82, 2.24) is 5.43 Å². The van der Waals surface area contributed by atoms with Crippen molar-refractivity contribution in [1.29, 1.82) is 0 Å². The van der Waals surface area contributed by atoms with E-state index < -0.39 is 5.91 Å². The molecular weight excluding hydrogens is 366 g/mol. The minimum atomic E-state index is -0.611. The summed E-state index contributed by atoms with van der Waals surface area (Å²) in [6.07, 6.45) is 0.0224. The van der Waals surface area contributed by atoms with E-state index in [1.165, 1.54) is 18.2 Å². The van der Waals surface area contributed by atoms with Gasteiger partial charge in [-0.15, -0.1) is 0 Å². The smallest absolute Gasteiger partial charge is 0.275 e. The van der Waals surface area contributed by atoms with Crippen molar-refractivity contribution in [3.63, 3.8) is 0 Å². The number of hydrogen-bond donors (Lipinski definition) is 3. The highest BCUT2D eigenvalue weighted by molar-refractivity contribution is 6.31. The van der Waals surface area contributed by atoms with Crippen LogP contribution in [0.5, 0.6) is 5.75 Å². The first-order valence-electron chi connectivity index (χ1n) is 8.37. The van der Waals surface area contributed by atoms with E-state index in [9.17, 15) is 14.7 Å². The number of carbonyl (C=O) groups excluding carboxylic acids is 2. The van der Waals surface area contributed by atoms with Crippen LogP contribution in [0.2, 0.25) is 5.02 Å². The second-order valence-electron chi connectivity index (χ2n) is 6.45. The topological polar surface area (TPSA) is 90.8 Å². The summed E-state index contributed by atoms with van der Waals surface area (Å²) in [4.78, 5) is 24.3. The number of aromatic hydroxyl groups is 1. The van der Waals surface area contributed by atoms with E-state index in [0.717, 1.165) is 22.4 Å².